The van der Waals surface area contributed by atoms with Crippen molar-refractivity contribution in [2.45, 2.75) is 18.9 Å². The smallest absolute Gasteiger partial charge is 0.245 e. The number of halogens is 1. The molecule has 42 heavy (non-hydrogen) atoms. The van der Waals surface area contributed by atoms with Crippen LogP contribution in [0.15, 0.2) is 67.5 Å². The highest BCUT2D eigenvalue weighted by atomic mass is 19.1. The zero-order valence-corrected chi connectivity index (χ0v) is 24.2. The van der Waals surface area contributed by atoms with E-state index in [2.05, 4.69) is 21.9 Å². The number of nitrogens with one attached hydrogen (secondary N) is 1. The van der Waals surface area contributed by atoms with E-state index < -0.39 is 0 Å². The molecule has 3 aromatic carbocycles. The zero-order chi connectivity index (χ0) is 29.8. The van der Waals surface area contributed by atoms with Crippen LogP contribution in [-0.4, -0.2) is 68.3 Å². The molecule has 0 unspecified atom stereocenters. The number of anilines is 3. The maximum atomic E-state index is 14.3. The molecule has 10 heteroatoms. The number of likely N-dealkylation sites (tertiary alicyclic amines) is 1. The Labute approximate surface area is 244 Å². The van der Waals surface area contributed by atoms with Crippen LogP contribution in [0, 0.1) is 5.82 Å². The van der Waals surface area contributed by atoms with Gasteiger partial charge in [0.1, 0.15) is 29.8 Å². The molecule has 218 valence electrons. The number of carbonyl (C=O) groups excluding carboxylic acids is 1. The van der Waals surface area contributed by atoms with Crippen molar-refractivity contribution in [3.63, 3.8) is 0 Å². The number of piperidine rings is 1. The summed E-state index contributed by atoms with van der Waals surface area (Å²) in [6.45, 7) is 4.77. The third-order valence-corrected chi connectivity index (χ3v) is 7.36. The second-order valence-corrected chi connectivity index (χ2v) is 10.2. The summed E-state index contributed by atoms with van der Waals surface area (Å²) in [5.41, 5.74) is 3.60. The van der Waals surface area contributed by atoms with Crippen LogP contribution in [0.4, 0.5) is 21.6 Å². The van der Waals surface area contributed by atoms with Gasteiger partial charge in [-0.1, -0.05) is 18.7 Å². The summed E-state index contributed by atoms with van der Waals surface area (Å²) in [5, 5.41) is 4.14. The Morgan fingerprint density at radius 3 is 2.40 bits per heavy atom. The molecule has 5 rings (SSSR count). The lowest BCUT2D eigenvalue weighted by Gasteiger charge is -2.31. The van der Waals surface area contributed by atoms with Gasteiger partial charge >= 0.3 is 0 Å². The predicted octanol–water partition coefficient (Wildman–Crippen LogP) is 5.82. The quantitative estimate of drug-likeness (QED) is 0.252. The second kappa shape index (κ2) is 12.3. The molecule has 0 radical (unpaired) electrons. The van der Waals surface area contributed by atoms with Crippen LogP contribution < -0.4 is 24.4 Å². The van der Waals surface area contributed by atoms with E-state index in [4.69, 9.17) is 14.2 Å². The van der Waals surface area contributed by atoms with Crippen LogP contribution in [0.2, 0.25) is 0 Å². The first-order chi connectivity index (χ1) is 20.3. The molecule has 4 aromatic rings. The van der Waals surface area contributed by atoms with Crippen LogP contribution >= 0.6 is 0 Å². The first-order valence-corrected chi connectivity index (χ1v) is 13.6. The Morgan fingerprint density at radius 1 is 1.00 bits per heavy atom. The zero-order valence-electron chi connectivity index (χ0n) is 24.2. The summed E-state index contributed by atoms with van der Waals surface area (Å²) in [6.07, 6.45) is 4.13. The van der Waals surface area contributed by atoms with Gasteiger partial charge in [-0.15, -0.1) is 0 Å². The maximum Gasteiger partial charge on any atom is 0.245 e. The summed E-state index contributed by atoms with van der Waals surface area (Å²) < 4.78 is 32.0. The Kier molecular flexibility index (Phi) is 8.42. The molecule has 1 fully saturated rings. The van der Waals surface area contributed by atoms with E-state index in [0.717, 1.165) is 16.5 Å². The molecular formula is C32H34FN5O4. The Morgan fingerprint density at radius 2 is 1.71 bits per heavy atom. The van der Waals surface area contributed by atoms with E-state index in [1.807, 2.05) is 50.5 Å². The molecule has 1 N–H and O–H groups in total. The summed E-state index contributed by atoms with van der Waals surface area (Å²) in [7, 11) is 6.81. The minimum atomic E-state index is -0.285. The van der Waals surface area contributed by atoms with E-state index in [-0.39, 0.29) is 17.8 Å². The van der Waals surface area contributed by atoms with Crippen molar-refractivity contribution in [2.75, 3.05) is 51.6 Å². The van der Waals surface area contributed by atoms with E-state index >= 15 is 0 Å². The standard InChI is InChI=1S/C32H34FN5O4/c1-6-31(39)38-13-11-22(12-14-38)42-30-17-23-25(18-29(30)41-5)34-19-35-32(23)36-26-15-20(8-10-28(26)40-4)21-7-9-24(33)27(16-21)37(2)3/h6-10,15-19,22H,1,11-14H2,2-5H3,(H,34,35,36). The molecule has 0 atom stereocenters. The highest BCUT2D eigenvalue weighted by Gasteiger charge is 2.24. The fourth-order valence-corrected chi connectivity index (χ4v) is 5.07. The lowest BCUT2D eigenvalue weighted by atomic mass is 10.0. The van der Waals surface area contributed by atoms with Gasteiger partial charge in [0.2, 0.25) is 5.91 Å². The van der Waals surface area contributed by atoms with E-state index in [1.165, 1.54) is 18.5 Å². The third kappa shape index (κ3) is 5.93. The fourth-order valence-electron chi connectivity index (χ4n) is 5.07. The highest BCUT2D eigenvalue weighted by molar-refractivity contribution is 5.94. The second-order valence-electron chi connectivity index (χ2n) is 10.2. The average Bonchev–Trinajstić information content (AvgIpc) is 3.01. The van der Waals surface area contributed by atoms with Crippen LogP contribution in [0.5, 0.6) is 17.2 Å². The first kappa shape index (κ1) is 28.7. The van der Waals surface area contributed by atoms with Crippen molar-refractivity contribution in [3.05, 3.63) is 73.3 Å². The minimum Gasteiger partial charge on any atom is -0.495 e. The number of methoxy groups -OCH3 is 2. The van der Waals surface area contributed by atoms with Gasteiger partial charge in [-0.3, -0.25) is 4.79 Å². The predicted molar refractivity (Wildman–Crippen MR) is 163 cm³/mol. The SMILES string of the molecule is C=CC(=O)N1CCC(Oc2cc3c(Nc4cc(-c5ccc(F)c(N(C)C)c5)ccc4OC)ncnc3cc2OC)CC1. The normalized spacial score (nSPS) is 13.5. The first-order valence-electron chi connectivity index (χ1n) is 13.6. The van der Waals surface area contributed by atoms with Crippen molar-refractivity contribution in [3.8, 4) is 28.4 Å². The topological polar surface area (TPSA) is 89.1 Å². The molecule has 1 saturated heterocycles. The van der Waals surface area contributed by atoms with Crippen LogP contribution in [0.1, 0.15) is 12.8 Å². The fraction of sp³-hybridized carbons (Fsp3) is 0.281. The lowest BCUT2D eigenvalue weighted by Crippen LogP contribution is -2.41. The minimum absolute atomic E-state index is 0.0679. The van der Waals surface area contributed by atoms with Crippen molar-refractivity contribution < 1.29 is 23.4 Å². The van der Waals surface area contributed by atoms with Crippen molar-refractivity contribution >= 4 is 34.0 Å². The molecule has 1 aromatic heterocycles. The van der Waals surface area contributed by atoms with E-state index in [1.54, 1.807) is 30.1 Å². The number of rotatable bonds is 9. The summed E-state index contributed by atoms with van der Waals surface area (Å²) in [4.78, 5) is 24.5. The molecular weight excluding hydrogens is 537 g/mol. The number of ether oxygens (including phenoxy) is 3. The van der Waals surface area contributed by atoms with Crippen LogP contribution in [-0.2, 0) is 4.79 Å². The average molecular weight is 572 g/mol. The number of nitrogens with zero attached hydrogens (tertiary/aromatic N) is 4. The molecule has 1 amide bonds. The number of aromatic nitrogens is 2. The third-order valence-electron chi connectivity index (χ3n) is 7.36. The number of carbonyl (C=O) groups is 1. The molecule has 2 heterocycles. The molecule has 0 aliphatic carbocycles. The number of hydrogen-bond donors (Lipinski definition) is 1. The Hall–Kier alpha value is -4.86. The van der Waals surface area contributed by atoms with E-state index in [0.29, 0.717) is 65.9 Å². The molecule has 1 aliphatic heterocycles. The van der Waals surface area contributed by atoms with Gasteiger partial charge in [-0.2, -0.15) is 0 Å². The van der Waals surface area contributed by atoms with Crippen molar-refractivity contribution in [2.24, 2.45) is 0 Å². The number of amides is 1. The summed E-state index contributed by atoms with van der Waals surface area (Å²) >= 11 is 0. The molecule has 1 aliphatic rings. The summed E-state index contributed by atoms with van der Waals surface area (Å²) in [6, 6.07) is 14.5. The molecule has 9 nitrogen and oxygen atoms in total. The molecule has 0 saturated carbocycles. The van der Waals surface area contributed by atoms with Crippen LogP contribution in [0.3, 0.4) is 0 Å². The molecule has 0 bridgehead atoms. The van der Waals surface area contributed by atoms with Crippen molar-refractivity contribution in [1.29, 1.82) is 0 Å². The number of fused-ring (bicyclic) bond motifs is 1. The lowest BCUT2D eigenvalue weighted by molar-refractivity contribution is -0.127. The van der Waals surface area contributed by atoms with Crippen LogP contribution in [0.25, 0.3) is 22.0 Å². The van der Waals surface area contributed by atoms with Gasteiger partial charge in [0, 0.05) is 51.5 Å². The maximum absolute atomic E-state index is 14.3. The van der Waals surface area contributed by atoms with E-state index in [9.17, 15) is 9.18 Å². The largest absolute Gasteiger partial charge is 0.495 e. The Balaban J connectivity index is 1.46. The molecule has 0 spiro atoms. The van der Waals surface area contributed by atoms with Gasteiger partial charge in [0.25, 0.3) is 0 Å². The number of benzene rings is 3. The van der Waals surface area contributed by atoms with Crippen molar-refractivity contribution in [1.82, 2.24) is 14.9 Å². The summed E-state index contributed by atoms with van der Waals surface area (Å²) in [5.74, 6) is 1.95. The van der Waals surface area contributed by atoms with Gasteiger partial charge in [0.15, 0.2) is 11.5 Å². The monoisotopic (exact) mass is 571 g/mol. The van der Waals surface area contributed by atoms with Gasteiger partial charge in [-0.25, -0.2) is 14.4 Å². The number of hydrogen-bond acceptors (Lipinski definition) is 8. The van der Waals surface area contributed by atoms with Gasteiger partial charge in [-0.05, 0) is 47.5 Å². The van der Waals surface area contributed by atoms with Gasteiger partial charge < -0.3 is 29.3 Å². The van der Waals surface area contributed by atoms with Gasteiger partial charge in [0.05, 0.1) is 31.1 Å². The highest BCUT2D eigenvalue weighted by Crippen LogP contribution is 2.39. The Bertz CT molecular complexity index is 1620.